The Morgan fingerprint density at radius 1 is 1.59 bits per heavy atom. The first-order valence-corrected chi connectivity index (χ1v) is 5.60. The number of nitrogens with one attached hydrogen (secondary N) is 1. The quantitative estimate of drug-likeness (QED) is 0.754. The molecule has 0 fully saturated rings. The molecule has 1 atom stereocenters. The van der Waals surface area contributed by atoms with Crippen molar-refractivity contribution in [3.63, 3.8) is 0 Å². The molecule has 0 saturated carbocycles. The summed E-state index contributed by atoms with van der Waals surface area (Å²) in [4.78, 5) is 15.4. The van der Waals surface area contributed by atoms with E-state index in [0.29, 0.717) is 24.7 Å². The molecular weight excluding hydrogens is 222 g/mol. The van der Waals surface area contributed by atoms with Crippen LogP contribution in [0.4, 0.5) is 0 Å². The molecule has 0 aliphatic carbocycles. The van der Waals surface area contributed by atoms with Crippen molar-refractivity contribution in [2.75, 3.05) is 7.11 Å². The van der Waals surface area contributed by atoms with Crippen molar-refractivity contribution in [1.82, 2.24) is 15.5 Å². The third-order valence-electron chi connectivity index (χ3n) is 2.78. The number of carbonyl (C=O) groups is 1. The van der Waals surface area contributed by atoms with E-state index in [1.54, 1.807) is 6.92 Å². The largest absolute Gasteiger partial charge is 0.469 e. The van der Waals surface area contributed by atoms with Gasteiger partial charge in [-0.15, -0.1) is 0 Å². The average molecular weight is 241 g/mol. The van der Waals surface area contributed by atoms with Gasteiger partial charge in [0, 0.05) is 5.54 Å². The summed E-state index contributed by atoms with van der Waals surface area (Å²) in [5.41, 5.74) is -0.324. The van der Waals surface area contributed by atoms with Gasteiger partial charge in [-0.3, -0.25) is 4.79 Å². The van der Waals surface area contributed by atoms with Crippen molar-refractivity contribution in [2.45, 2.75) is 45.7 Å². The number of esters is 1. The van der Waals surface area contributed by atoms with Gasteiger partial charge in [-0.2, -0.15) is 4.98 Å². The lowest BCUT2D eigenvalue weighted by Crippen LogP contribution is -2.43. The second kappa shape index (κ2) is 5.77. The number of nitrogens with zero attached hydrogens (tertiary/aromatic N) is 2. The van der Waals surface area contributed by atoms with E-state index in [1.807, 2.05) is 13.8 Å². The molecule has 17 heavy (non-hydrogen) atoms. The fraction of sp³-hybridized carbons (Fsp3) is 0.727. The summed E-state index contributed by atoms with van der Waals surface area (Å²) in [5, 5.41) is 6.95. The third-order valence-corrected chi connectivity index (χ3v) is 2.78. The second-order valence-electron chi connectivity index (χ2n) is 4.26. The summed E-state index contributed by atoms with van der Waals surface area (Å²) in [6.07, 6.45) is 1.11. The maximum Gasteiger partial charge on any atom is 0.307 e. The van der Waals surface area contributed by atoms with E-state index < -0.39 is 0 Å². The van der Waals surface area contributed by atoms with Crippen molar-refractivity contribution in [1.29, 1.82) is 0 Å². The minimum atomic E-state index is -0.324. The number of methoxy groups -OCH3 is 1. The molecule has 0 radical (unpaired) electrons. The van der Waals surface area contributed by atoms with Crippen LogP contribution in [-0.2, 0) is 16.1 Å². The first-order valence-electron chi connectivity index (χ1n) is 5.60. The van der Waals surface area contributed by atoms with Crippen molar-refractivity contribution >= 4 is 5.97 Å². The lowest BCUT2D eigenvalue weighted by atomic mass is 9.94. The van der Waals surface area contributed by atoms with Crippen molar-refractivity contribution in [3.8, 4) is 0 Å². The van der Waals surface area contributed by atoms with Crippen LogP contribution in [0.5, 0.6) is 0 Å². The van der Waals surface area contributed by atoms with Gasteiger partial charge in [-0.05, 0) is 20.3 Å². The Hall–Kier alpha value is -1.43. The minimum Gasteiger partial charge on any atom is -0.469 e. The molecule has 1 aromatic heterocycles. The van der Waals surface area contributed by atoms with Gasteiger partial charge >= 0.3 is 5.97 Å². The van der Waals surface area contributed by atoms with E-state index in [0.717, 1.165) is 6.42 Å². The molecule has 0 aromatic carbocycles. The summed E-state index contributed by atoms with van der Waals surface area (Å²) in [6, 6.07) is 0. The first kappa shape index (κ1) is 13.6. The molecule has 96 valence electrons. The summed E-state index contributed by atoms with van der Waals surface area (Å²) in [6.45, 7) is 6.19. The molecule has 1 rings (SSSR count). The second-order valence-corrected chi connectivity index (χ2v) is 4.26. The SMILES string of the molecule is CCC(C)(CC(=O)OC)NCc1nc(C)no1. The van der Waals surface area contributed by atoms with Crippen molar-refractivity contribution < 1.29 is 14.1 Å². The monoisotopic (exact) mass is 241 g/mol. The number of carbonyl (C=O) groups excluding carboxylic acids is 1. The Balaban J connectivity index is 2.53. The van der Waals surface area contributed by atoms with E-state index in [2.05, 4.69) is 20.2 Å². The van der Waals surface area contributed by atoms with Crippen LogP contribution >= 0.6 is 0 Å². The number of ether oxygens (including phenoxy) is 1. The zero-order valence-electron chi connectivity index (χ0n) is 10.7. The molecule has 0 spiro atoms. The predicted octanol–water partition coefficient (Wildman–Crippen LogP) is 1.20. The number of aryl methyl sites for hydroxylation is 1. The van der Waals surface area contributed by atoms with E-state index >= 15 is 0 Å². The Morgan fingerprint density at radius 3 is 2.76 bits per heavy atom. The highest BCUT2D eigenvalue weighted by Crippen LogP contribution is 2.15. The smallest absolute Gasteiger partial charge is 0.307 e. The summed E-state index contributed by atoms with van der Waals surface area (Å²) in [5.74, 6) is 0.892. The van der Waals surface area contributed by atoms with Crippen LogP contribution in [-0.4, -0.2) is 28.8 Å². The van der Waals surface area contributed by atoms with Crippen LogP contribution in [0.25, 0.3) is 0 Å². The molecule has 0 aliphatic rings. The van der Waals surface area contributed by atoms with Crippen LogP contribution in [0.15, 0.2) is 4.52 Å². The molecule has 6 nitrogen and oxygen atoms in total. The normalized spacial score (nSPS) is 14.4. The Kier molecular flexibility index (Phi) is 4.62. The first-order chi connectivity index (χ1) is 7.99. The van der Waals surface area contributed by atoms with Gasteiger partial charge in [0.2, 0.25) is 5.89 Å². The molecule has 1 aromatic rings. The predicted molar refractivity (Wildman–Crippen MR) is 61.2 cm³/mol. The molecule has 0 aliphatic heterocycles. The van der Waals surface area contributed by atoms with Gasteiger partial charge in [0.15, 0.2) is 5.82 Å². The molecular formula is C11H19N3O3. The highest BCUT2D eigenvalue weighted by molar-refractivity contribution is 5.70. The van der Waals surface area contributed by atoms with Gasteiger partial charge in [0.1, 0.15) is 0 Å². The van der Waals surface area contributed by atoms with Crippen LogP contribution < -0.4 is 5.32 Å². The minimum absolute atomic E-state index is 0.233. The molecule has 1 heterocycles. The van der Waals surface area contributed by atoms with Crippen molar-refractivity contribution in [2.24, 2.45) is 0 Å². The molecule has 1 N–H and O–H groups in total. The number of rotatable bonds is 6. The van der Waals surface area contributed by atoms with Crippen LogP contribution in [0.3, 0.4) is 0 Å². The molecule has 0 bridgehead atoms. The number of hydrogen-bond donors (Lipinski definition) is 1. The topological polar surface area (TPSA) is 77.2 Å². The Labute approximate surface area is 101 Å². The van der Waals surface area contributed by atoms with E-state index in [1.165, 1.54) is 7.11 Å². The zero-order chi connectivity index (χ0) is 12.9. The van der Waals surface area contributed by atoms with Crippen LogP contribution in [0.2, 0.25) is 0 Å². The van der Waals surface area contributed by atoms with Crippen LogP contribution in [0.1, 0.15) is 38.4 Å². The molecule has 0 saturated heterocycles. The fourth-order valence-electron chi connectivity index (χ4n) is 1.40. The summed E-state index contributed by atoms with van der Waals surface area (Å²) >= 11 is 0. The standard InChI is InChI=1S/C11H19N3O3/c1-5-11(3,6-10(15)16-4)12-7-9-13-8(2)14-17-9/h12H,5-7H2,1-4H3. The zero-order valence-corrected chi connectivity index (χ0v) is 10.7. The van der Waals surface area contributed by atoms with E-state index in [4.69, 9.17) is 4.52 Å². The van der Waals surface area contributed by atoms with Gasteiger partial charge in [0.25, 0.3) is 0 Å². The maximum atomic E-state index is 11.3. The van der Waals surface area contributed by atoms with Gasteiger partial charge < -0.3 is 14.6 Å². The maximum absolute atomic E-state index is 11.3. The van der Waals surface area contributed by atoms with E-state index in [9.17, 15) is 4.79 Å². The fourth-order valence-corrected chi connectivity index (χ4v) is 1.40. The van der Waals surface area contributed by atoms with E-state index in [-0.39, 0.29) is 11.5 Å². The number of aromatic nitrogens is 2. The lowest BCUT2D eigenvalue weighted by Gasteiger charge is -2.27. The van der Waals surface area contributed by atoms with Crippen LogP contribution in [0, 0.1) is 6.92 Å². The summed E-state index contributed by atoms with van der Waals surface area (Å²) < 4.78 is 9.67. The Bertz CT molecular complexity index is 378. The number of hydrogen-bond acceptors (Lipinski definition) is 6. The van der Waals surface area contributed by atoms with Crippen molar-refractivity contribution in [3.05, 3.63) is 11.7 Å². The molecule has 0 amide bonds. The molecule has 1 unspecified atom stereocenters. The van der Waals surface area contributed by atoms with Gasteiger partial charge in [0.05, 0.1) is 20.1 Å². The van der Waals surface area contributed by atoms with Gasteiger partial charge in [-0.25, -0.2) is 0 Å². The van der Waals surface area contributed by atoms with Gasteiger partial charge in [-0.1, -0.05) is 12.1 Å². The summed E-state index contributed by atoms with van der Waals surface area (Å²) in [7, 11) is 1.39. The average Bonchev–Trinajstić information content (AvgIpc) is 2.72. The lowest BCUT2D eigenvalue weighted by molar-refractivity contribution is -0.142. The third kappa shape index (κ3) is 4.14. The highest BCUT2D eigenvalue weighted by atomic mass is 16.5. The Morgan fingerprint density at radius 2 is 2.29 bits per heavy atom. The molecule has 6 heteroatoms. The highest BCUT2D eigenvalue weighted by Gasteiger charge is 2.26.